The molecule has 0 amide bonds. The van der Waals surface area contributed by atoms with Gasteiger partial charge in [-0.3, -0.25) is 0 Å². The highest BCUT2D eigenvalue weighted by molar-refractivity contribution is 14.1. The summed E-state index contributed by atoms with van der Waals surface area (Å²) in [5.74, 6) is 0. The molecule has 1 heterocycles. The lowest BCUT2D eigenvalue weighted by Gasteiger charge is -2.13. The fourth-order valence-electron chi connectivity index (χ4n) is 1.10. The van der Waals surface area contributed by atoms with Crippen LogP contribution < -0.4 is 5.73 Å². The predicted octanol–water partition coefficient (Wildman–Crippen LogP) is 3.10. The van der Waals surface area contributed by atoms with Crippen molar-refractivity contribution in [2.24, 2.45) is 5.73 Å². The molecule has 0 bridgehead atoms. The maximum absolute atomic E-state index is 12.4. The van der Waals surface area contributed by atoms with Crippen molar-refractivity contribution in [3.8, 4) is 0 Å². The van der Waals surface area contributed by atoms with E-state index < -0.39 is 36.0 Å². The van der Waals surface area contributed by atoms with Crippen LogP contribution >= 0.6 is 22.6 Å². The third kappa shape index (κ3) is 2.78. The van der Waals surface area contributed by atoms with Crippen LogP contribution in [0, 0.1) is 3.70 Å². The average molecular weight is 352 g/mol. The molecule has 0 saturated heterocycles. The first-order valence-corrected chi connectivity index (χ1v) is 5.10. The zero-order valence-electron chi connectivity index (χ0n) is 7.65. The number of nitrogens with two attached hydrogens (primary N) is 1. The van der Waals surface area contributed by atoms with Crippen molar-refractivity contribution < 1.29 is 22.0 Å². The van der Waals surface area contributed by atoms with Crippen LogP contribution in [0.4, 0.5) is 22.0 Å². The molecule has 1 rings (SSSR count). The van der Waals surface area contributed by atoms with Crippen molar-refractivity contribution in [1.82, 2.24) is 4.98 Å². The first kappa shape index (κ1) is 13.6. The normalized spacial score (nSPS) is 12.2. The Morgan fingerprint density at radius 3 is 2.31 bits per heavy atom. The Kier molecular flexibility index (Phi) is 4.05. The van der Waals surface area contributed by atoms with Crippen LogP contribution in [0.1, 0.15) is 23.2 Å². The second-order valence-corrected chi connectivity index (χ2v) is 3.90. The molecular weight excluding hydrogens is 346 g/mol. The molecule has 1 aromatic heterocycles. The molecule has 2 N–H and O–H groups in total. The van der Waals surface area contributed by atoms with E-state index in [9.17, 15) is 22.0 Å². The highest BCUT2D eigenvalue weighted by atomic mass is 127. The summed E-state index contributed by atoms with van der Waals surface area (Å²) in [6.45, 7) is -0.488. The largest absolute Gasteiger partial charge is 0.433 e. The molecule has 90 valence electrons. The number of halogens is 6. The van der Waals surface area contributed by atoms with Gasteiger partial charge in [-0.15, -0.1) is 0 Å². The second kappa shape index (κ2) is 4.78. The van der Waals surface area contributed by atoms with Gasteiger partial charge in [0.05, 0.1) is 0 Å². The van der Waals surface area contributed by atoms with Gasteiger partial charge in [-0.2, -0.15) is 13.2 Å². The molecule has 1 aromatic rings. The summed E-state index contributed by atoms with van der Waals surface area (Å²) in [6.07, 6.45) is -7.55. The minimum Gasteiger partial charge on any atom is -0.326 e. The Morgan fingerprint density at radius 1 is 1.38 bits per heavy atom. The van der Waals surface area contributed by atoms with E-state index in [0.717, 1.165) is 6.07 Å². The fourth-order valence-corrected chi connectivity index (χ4v) is 1.74. The van der Waals surface area contributed by atoms with Gasteiger partial charge in [0.2, 0.25) is 0 Å². The second-order valence-electron chi connectivity index (χ2n) is 2.88. The summed E-state index contributed by atoms with van der Waals surface area (Å²) in [5, 5.41) is 0. The number of alkyl halides is 5. The van der Waals surface area contributed by atoms with Crippen LogP contribution in [0.15, 0.2) is 6.07 Å². The number of aromatic nitrogens is 1. The van der Waals surface area contributed by atoms with Crippen molar-refractivity contribution in [1.29, 1.82) is 0 Å². The topological polar surface area (TPSA) is 38.9 Å². The Labute approximate surface area is 101 Å². The molecular formula is C8H6F5IN2. The van der Waals surface area contributed by atoms with Gasteiger partial charge < -0.3 is 5.73 Å². The van der Waals surface area contributed by atoms with Crippen LogP contribution in [0.2, 0.25) is 0 Å². The molecule has 2 nitrogen and oxygen atoms in total. The Morgan fingerprint density at radius 2 is 1.94 bits per heavy atom. The van der Waals surface area contributed by atoms with Gasteiger partial charge in [-0.25, -0.2) is 13.8 Å². The zero-order chi connectivity index (χ0) is 12.5. The van der Waals surface area contributed by atoms with Crippen molar-refractivity contribution in [3.05, 3.63) is 26.6 Å². The number of nitrogens with zero attached hydrogens (tertiary/aromatic N) is 1. The molecule has 0 aliphatic rings. The monoisotopic (exact) mass is 352 g/mol. The lowest BCUT2D eigenvalue weighted by atomic mass is 10.1. The number of hydrogen-bond donors (Lipinski definition) is 1. The Bertz CT molecular complexity index is 391. The summed E-state index contributed by atoms with van der Waals surface area (Å²) in [5.41, 5.74) is 2.91. The van der Waals surface area contributed by atoms with Crippen LogP contribution in [0.25, 0.3) is 0 Å². The minimum absolute atomic E-state index is 0.364. The van der Waals surface area contributed by atoms with Gasteiger partial charge in [-0.05, 0) is 34.2 Å². The quantitative estimate of drug-likeness (QED) is 0.505. The number of rotatable bonds is 2. The molecule has 0 unspecified atom stereocenters. The van der Waals surface area contributed by atoms with Crippen LogP contribution in [-0.2, 0) is 12.7 Å². The van der Waals surface area contributed by atoms with Crippen molar-refractivity contribution in [2.45, 2.75) is 19.1 Å². The molecule has 16 heavy (non-hydrogen) atoms. The van der Waals surface area contributed by atoms with Crippen LogP contribution in [0.3, 0.4) is 0 Å². The van der Waals surface area contributed by atoms with Crippen molar-refractivity contribution in [3.63, 3.8) is 0 Å². The van der Waals surface area contributed by atoms with Gasteiger partial charge in [-0.1, -0.05) is 0 Å². The molecule has 0 radical (unpaired) electrons. The van der Waals surface area contributed by atoms with E-state index in [1.165, 1.54) is 22.6 Å². The number of pyridine rings is 1. The molecule has 0 saturated carbocycles. The van der Waals surface area contributed by atoms with E-state index in [4.69, 9.17) is 5.73 Å². The van der Waals surface area contributed by atoms with E-state index in [2.05, 4.69) is 4.98 Å². The molecule has 0 fully saturated rings. The van der Waals surface area contributed by atoms with Gasteiger partial charge >= 0.3 is 6.18 Å². The van der Waals surface area contributed by atoms with E-state index >= 15 is 0 Å². The molecule has 8 heteroatoms. The minimum atomic E-state index is -4.69. The summed E-state index contributed by atoms with van der Waals surface area (Å²) >= 11 is 1.34. The average Bonchev–Trinajstić information content (AvgIpc) is 2.15. The summed E-state index contributed by atoms with van der Waals surface area (Å²) in [6, 6.07) is 0.752. The third-order valence-corrected chi connectivity index (χ3v) is 2.67. The summed E-state index contributed by atoms with van der Waals surface area (Å²) in [4.78, 5) is 3.14. The highest BCUT2D eigenvalue weighted by Crippen LogP contribution is 2.33. The van der Waals surface area contributed by atoms with Crippen LogP contribution in [0.5, 0.6) is 0 Å². The van der Waals surface area contributed by atoms with Gasteiger partial charge in [0, 0.05) is 12.1 Å². The van der Waals surface area contributed by atoms with Gasteiger partial charge in [0.25, 0.3) is 6.43 Å². The maximum Gasteiger partial charge on any atom is 0.433 e. The van der Waals surface area contributed by atoms with E-state index in [-0.39, 0.29) is 3.70 Å². The fraction of sp³-hybridized carbons (Fsp3) is 0.375. The van der Waals surface area contributed by atoms with Crippen molar-refractivity contribution >= 4 is 22.6 Å². The van der Waals surface area contributed by atoms with E-state index in [0.29, 0.717) is 0 Å². The van der Waals surface area contributed by atoms with Crippen LogP contribution in [-0.4, -0.2) is 4.98 Å². The molecule has 0 aliphatic heterocycles. The highest BCUT2D eigenvalue weighted by Gasteiger charge is 2.36. The molecule has 0 spiro atoms. The van der Waals surface area contributed by atoms with E-state index in [1.54, 1.807) is 0 Å². The maximum atomic E-state index is 12.4. The number of hydrogen-bond acceptors (Lipinski definition) is 2. The Balaban J connectivity index is 3.38. The first-order chi connectivity index (χ1) is 7.27. The molecule has 0 aliphatic carbocycles. The summed E-state index contributed by atoms with van der Waals surface area (Å²) in [7, 11) is 0. The third-order valence-electron chi connectivity index (χ3n) is 1.81. The predicted molar refractivity (Wildman–Crippen MR) is 54.8 cm³/mol. The molecule has 0 aromatic carbocycles. The molecule has 0 atom stereocenters. The first-order valence-electron chi connectivity index (χ1n) is 4.02. The van der Waals surface area contributed by atoms with E-state index in [1.807, 2.05) is 0 Å². The lowest BCUT2D eigenvalue weighted by molar-refractivity contribution is -0.142. The lowest BCUT2D eigenvalue weighted by Crippen LogP contribution is -2.16. The smallest absolute Gasteiger partial charge is 0.326 e. The summed E-state index contributed by atoms with van der Waals surface area (Å²) < 4.78 is 61.8. The SMILES string of the molecule is NCc1cc(C(F)F)c(I)nc1C(F)(F)F. The van der Waals surface area contributed by atoms with Gasteiger partial charge in [0.1, 0.15) is 9.39 Å². The van der Waals surface area contributed by atoms with Gasteiger partial charge in [0.15, 0.2) is 0 Å². The Hall–Kier alpha value is -0.510. The van der Waals surface area contributed by atoms with Crippen molar-refractivity contribution in [2.75, 3.05) is 0 Å². The zero-order valence-corrected chi connectivity index (χ0v) is 9.81. The standard InChI is InChI=1S/C8H6F5IN2/c9-6(10)4-1-3(2-15)5(8(11,12)13)16-7(4)14/h1,6H,2,15H2.